The normalized spacial score (nSPS) is 25.3. The molecule has 26 heavy (non-hydrogen) atoms. The molecule has 7 nitrogen and oxygen atoms in total. The molecule has 0 bridgehead atoms. The van der Waals surface area contributed by atoms with E-state index in [9.17, 15) is 13.2 Å². The minimum atomic E-state index is -3.09. The highest BCUT2D eigenvalue weighted by Crippen LogP contribution is 2.34. The summed E-state index contributed by atoms with van der Waals surface area (Å²) in [6.07, 6.45) is 3.03. The Morgan fingerprint density at radius 3 is 2.69 bits per heavy atom. The predicted molar refractivity (Wildman–Crippen MR) is 94.8 cm³/mol. The first-order valence-electron chi connectivity index (χ1n) is 8.93. The van der Waals surface area contributed by atoms with Gasteiger partial charge in [0.15, 0.2) is 9.84 Å². The van der Waals surface area contributed by atoms with Gasteiger partial charge < -0.3 is 9.42 Å². The number of aromatic nitrogens is 2. The van der Waals surface area contributed by atoms with Crippen LogP contribution in [0.3, 0.4) is 0 Å². The van der Waals surface area contributed by atoms with Crippen LogP contribution in [-0.4, -0.2) is 47.4 Å². The Morgan fingerprint density at radius 2 is 1.96 bits per heavy atom. The molecule has 4 rings (SSSR count). The smallest absolute Gasteiger partial charge is 0.249 e. The van der Waals surface area contributed by atoms with Gasteiger partial charge in [0.2, 0.25) is 17.6 Å². The van der Waals surface area contributed by atoms with Crippen LogP contribution in [0, 0.1) is 5.92 Å². The SMILES string of the molecule is O=C([C@@H]1CCS(=O)(=O)C1)N1CCCC[C@@H]1c1nc(-c2ccccc2)no1. The molecule has 0 N–H and O–H groups in total. The molecule has 1 aromatic carbocycles. The Hall–Kier alpha value is -2.22. The minimum absolute atomic E-state index is 0.0475. The average molecular weight is 375 g/mol. The van der Waals surface area contributed by atoms with Crippen molar-refractivity contribution < 1.29 is 17.7 Å². The van der Waals surface area contributed by atoms with Crippen molar-refractivity contribution in [2.45, 2.75) is 31.7 Å². The maximum atomic E-state index is 12.9. The van der Waals surface area contributed by atoms with Crippen LogP contribution in [0.15, 0.2) is 34.9 Å². The summed E-state index contributed by atoms with van der Waals surface area (Å²) in [6, 6.07) is 9.26. The van der Waals surface area contributed by atoms with Crippen LogP contribution in [0.2, 0.25) is 0 Å². The zero-order valence-electron chi connectivity index (χ0n) is 14.4. The zero-order chi connectivity index (χ0) is 18.1. The third kappa shape index (κ3) is 3.38. The van der Waals surface area contributed by atoms with Gasteiger partial charge >= 0.3 is 0 Å². The highest BCUT2D eigenvalue weighted by Gasteiger charge is 2.40. The number of amides is 1. The Balaban J connectivity index is 1.56. The minimum Gasteiger partial charge on any atom is -0.337 e. The van der Waals surface area contributed by atoms with Crippen molar-refractivity contribution in [3.05, 3.63) is 36.2 Å². The van der Waals surface area contributed by atoms with E-state index in [0.717, 1.165) is 24.8 Å². The van der Waals surface area contributed by atoms with E-state index in [1.807, 2.05) is 30.3 Å². The van der Waals surface area contributed by atoms with E-state index in [1.54, 1.807) is 4.90 Å². The molecule has 2 aliphatic rings. The Morgan fingerprint density at radius 1 is 1.15 bits per heavy atom. The zero-order valence-corrected chi connectivity index (χ0v) is 15.2. The lowest BCUT2D eigenvalue weighted by Crippen LogP contribution is -2.42. The monoisotopic (exact) mass is 375 g/mol. The lowest BCUT2D eigenvalue weighted by atomic mass is 9.98. The van der Waals surface area contributed by atoms with Crippen LogP contribution >= 0.6 is 0 Å². The summed E-state index contributed by atoms with van der Waals surface area (Å²) in [5, 5.41) is 4.06. The van der Waals surface area contributed by atoms with Crippen molar-refractivity contribution in [2.75, 3.05) is 18.1 Å². The molecular weight excluding hydrogens is 354 g/mol. The van der Waals surface area contributed by atoms with Crippen LogP contribution in [0.25, 0.3) is 11.4 Å². The summed E-state index contributed by atoms with van der Waals surface area (Å²) in [6.45, 7) is 0.600. The maximum Gasteiger partial charge on any atom is 0.249 e. The van der Waals surface area contributed by atoms with Gasteiger partial charge in [0.05, 0.1) is 17.4 Å². The number of rotatable bonds is 3. The molecule has 2 saturated heterocycles. The highest BCUT2D eigenvalue weighted by molar-refractivity contribution is 7.91. The van der Waals surface area contributed by atoms with Crippen LogP contribution in [0.1, 0.15) is 37.6 Å². The lowest BCUT2D eigenvalue weighted by Gasteiger charge is -2.34. The van der Waals surface area contributed by atoms with Gasteiger partial charge in [-0.1, -0.05) is 35.5 Å². The fourth-order valence-electron chi connectivity index (χ4n) is 3.75. The molecule has 2 atom stereocenters. The number of benzene rings is 1. The predicted octanol–water partition coefficient (Wildman–Crippen LogP) is 2.22. The number of piperidine rings is 1. The summed E-state index contributed by atoms with van der Waals surface area (Å²) in [5.74, 6) is 0.432. The molecule has 0 aliphatic carbocycles. The third-order valence-corrected chi connectivity index (χ3v) is 6.89. The van der Waals surface area contributed by atoms with E-state index in [-0.39, 0.29) is 23.5 Å². The van der Waals surface area contributed by atoms with E-state index >= 15 is 0 Å². The fourth-order valence-corrected chi connectivity index (χ4v) is 5.48. The van der Waals surface area contributed by atoms with Crippen molar-refractivity contribution in [3.8, 4) is 11.4 Å². The molecule has 0 saturated carbocycles. The van der Waals surface area contributed by atoms with Crippen LogP contribution in [0.5, 0.6) is 0 Å². The number of likely N-dealkylation sites (tertiary alicyclic amines) is 1. The lowest BCUT2D eigenvalue weighted by molar-refractivity contribution is -0.139. The van der Waals surface area contributed by atoms with E-state index in [4.69, 9.17) is 4.52 Å². The molecule has 138 valence electrons. The highest BCUT2D eigenvalue weighted by atomic mass is 32.2. The van der Waals surface area contributed by atoms with E-state index in [0.29, 0.717) is 24.7 Å². The van der Waals surface area contributed by atoms with Crippen LogP contribution < -0.4 is 0 Å². The quantitative estimate of drug-likeness (QED) is 0.817. The second-order valence-electron chi connectivity index (χ2n) is 6.97. The summed E-state index contributed by atoms with van der Waals surface area (Å²) in [4.78, 5) is 19.2. The maximum absolute atomic E-state index is 12.9. The van der Waals surface area contributed by atoms with Gasteiger partial charge in [0.1, 0.15) is 6.04 Å². The van der Waals surface area contributed by atoms with Gasteiger partial charge in [-0.15, -0.1) is 0 Å². The Kier molecular flexibility index (Phi) is 4.52. The van der Waals surface area contributed by atoms with Gasteiger partial charge in [-0.05, 0) is 25.7 Å². The number of hydrogen-bond donors (Lipinski definition) is 0. The number of hydrogen-bond acceptors (Lipinski definition) is 6. The second-order valence-corrected chi connectivity index (χ2v) is 9.19. The summed E-state index contributed by atoms with van der Waals surface area (Å²) in [5.41, 5.74) is 0.859. The van der Waals surface area contributed by atoms with Crippen molar-refractivity contribution >= 4 is 15.7 Å². The summed E-state index contributed by atoms with van der Waals surface area (Å²) >= 11 is 0. The second kappa shape index (κ2) is 6.83. The van der Waals surface area contributed by atoms with Crippen molar-refractivity contribution in [2.24, 2.45) is 5.92 Å². The molecule has 0 unspecified atom stereocenters. The standard InChI is InChI=1S/C18H21N3O4S/c22-18(14-9-11-26(23,24)12-14)21-10-5-4-8-15(21)17-19-16(20-25-17)13-6-2-1-3-7-13/h1-3,6-7,14-15H,4-5,8-12H2/t14-,15-/m1/s1. The Labute approximate surface area is 152 Å². The van der Waals surface area contributed by atoms with Crippen molar-refractivity contribution in [1.29, 1.82) is 0 Å². The molecule has 0 radical (unpaired) electrons. The van der Waals surface area contributed by atoms with Crippen LogP contribution in [-0.2, 0) is 14.6 Å². The molecule has 3 heterocycles. The fraction of sp³-hybridized carbons (Fsp3) is 0.500. The van der Waals surface area contributed by atoms with Gasteiger partial charge in [-0.25, -0.2) is 8.42 Å². The molecule has 1 aromatic heterocycles. The molecule has 2 fully saturated rings. The summed E-state index contributed by atoms with van der Waals surface area (Å²) < 4.78 is 28.9. The van der Waals surface area contributed by atoms with Gasteiger partial charge in [-0.3, -0.25) is 4.79 Å². The molecule has 2 aromatic rings. The van der Waals surface area contributed by atoms with Gasteiger partial charge in [0, 0.05) is 12.1 Å². The molecule has 1 amide bonds. The first kappa shape index (κ1) is 17.2. The number of nitrogens with zero attached hydrogens (tertiary/aromatic N) is 3. The van der Waals surface area contributed by atoms with E-state index in [1.165, 1.54) is 0 Å². The largest absolute Gasteiger partial charge is 0.337 e. The number of sulfone groups is 1. The van der Waals surface area contributed by atoms with Gasteiger partial charge in [-0.2, -0.15) is 4.98 Å². The van der Waals surface area contributed by atoms with Crippen molar-refractivity contribution in [1.82, 2.24) is 15.0 Å². The number of carbonyl (C=O) groups is 1. The van der Waals surface area contributed by atoms with E-state index in [2.05, 4.69) is 10.1 Å². The van der Waals surface area contributed by atoms with Gasteiger partial charge in [0.25, 0.3) is 0 Å². The Bertz CT molecular complexity index is 894. The first-order chi connectivity index (χ1) is 12.5. The van der Waals surface area contributed by atoms with E-state index < -0.39 is 15.8 Å². The topological polar surface area (TPSA) is 93.4 Å². The average Bonchev–Trinajstić information content (AvgIpc) is 3.28. The van der Waals surface area contributed by atoms with Crippen molar-refractivity contribution in [3.63, 3.8) is 0 Å². The molecular formula is C18H21N3O4S. The summed E-state index contributed by atoms with van der Waals surface area (Å²) in [7, 11) is -3.09. The molecule has 8 heteroatoms. The number of carbonyl (C=O) groups excluding carboxylic acids is 1. The molecule has 0 spiro atoms. The molecule has 2 aliphatic heterocycles. The first-order valence-corrected chi connectivity index (χ1v) is 10.8. The van der Waals surface area contributed by atoms with Crippen LogP contribution in [0.4, 0.5) is 0 Å². The third-order valence-electron chi connectivity index (χ3n) is 5.13.